The van der Waals surface area contributed by atoms with E-state index in [1.807, 2.05) is 0 Å². The average molecular weight is 518 g/mol. The highest BCUT2D eigenvalue weighted by Crippen LogP contribution is 2.37. The molecule has 2 aromatic heterocycles. The van der Waals surface area contributed by atoms with Crippen LogP contribution in [0.25, 0.3) is 5.65 Å². The third-order valence-electron chi connectivity index (χ3n) is 6.94. The largest absolute Gasteiger partial charge is 0.368 e. The molecule has 0 bridgehead atoms. The molecule has 0 radical (unpaired) electrons. The smallest absolute Gasteiger partial charge is 0.247 e. The topological polar surface area (TPSA) is 150 Å². The van der Waals surface area contributed by atoms with E-state index in [1.54, 1.807) is 12.1 Å². The minimum atomic E-state index is -0.0766. The van der Waals surface area contributed by atoms with E-state index in [-0.39, 0.29) is 23.6 Å². The van der Waals surface area contributed by atoms with Crippen molar-refractivity contribution in [1.82, 2.24) is 29.8 Å². The monoisotopic (exact) mass is 517 g/mol. The lowest BCUT2D eigenvalue weighted by Crippen LogP contribution is -2.52. The summed E-state index contributed by atoms with van der Waals surface area (Å²) in [6.07, 6.45) is 4.37. The van der Waals surface area contributed by atoms with Crippen molar-refractivity contribution >= 4 is 46.3 Å². The Balaban J connectivity index is 1.29. The molecule has 37 heavy (non-hydrogen) atoms. The molecule has 12 nitrogen and oxygen atoms in total. The van der Waals surface area contributed by atoms with Gasteiger partial charge < -0.3 is 20.9 Å². The van der Waals surface area contributed by atoms with Crippen LogP contribution >= 0.6 is 11.6 Å². The van der Waals surface area contributed by atoms with Gasteiger partial charge in [0.1, 0.15) is 6.07 Å². The molecule has 2 saturated heterocycles. The van der Waals surface area contributed by atoms with Gasteiger partial charge in [-0.05, 0) is 31.4 Å². The van der Waals surface area contributed by atoms with Gasteiger partial charge >= 0.3 is 0 Å². The van der Waals surface area contributed by atoms with Gasteiger partial charge in [0.15, 0.2) is 17.2 Å². The molecular formula is C24H24ClN11O. The molecule has 3 aromatic rings. The highest BCUT2D eigenvalue weighted by molar-refractivity contribution is 6.36. The van der Waals surface area contributed by atoms with E-state index in [4.69, 9.17) is 11.6 Å². The molecule has 1 aromatic carbocycles. The zero-order valence-corrected chi connectivity index (χ0v) is 20.7. The molecule has 2 aliphatic heterocycles. The summed E-state index contributed by atoms with van der Waals surface area (Å²) in [5.41, 5.74) is 2.42. The van der Waals surface area contributed by atoms with E-state index >= 15 is 0 Å². The van der Waals surface area contributed by atoms with Crippen molar-refractivity contribution in [3.05, 3.63) is 34.6 Å². The first-order valence-electron chi connectivity index (χ1n) is 12.2. The van der Waals surface area contributed by atoms with Crippen molar-refractivity contribution in [2.24, 2.45) is 0 Å². The minimum Gasteiger partial charge on any atom is -0.368 e. The lowest BCUT2D eigenvalue weighted by Gasteiger charge is -2.38. The molecule has 1 unspecified atom stereocenters. The van der Waals surface area contributed by atoms with Gasteiger partial charge in [0.2, 0.25) is 11.9 Å². The van der Waals surface area contributed by atoms with Gasteiger partial charge in [0.05, 0.1) is 40.3 Å². The number of nitrogens with zero attached hydrogens (tertiary/aromatic N) is 8. The molecule has 0 spiro atoms. The van der Waals surface area contributed by atoms with Crippen molar-refractivity contribution in [3.63, 3.8) is 0 Å². The maximum atomic E-state index is 12.1. The maximum Gasteiger partial charge on any atom is 0.247 e. The van der Waals surface area contributed by atoms with Gasteiger partial charge in [-0.15, -0.1) is 5.10 Å². The fourth-order valence-electron chi connectivity index (χ4n) is 4.85. The number of benzene rings is 1. The summed E-state index contributed by atoms with van der Waals surface area (Å²) >= 11 is 6.86. The Morgan fingerprint density at radius 3 is 2.59 bits per heavy atom. The SMILES string of the molecule is N#Cc1cc(Nc2nc(NC3CC3)c3ncc(C#N)n3n2)c(Cl)c(N2CCN(C3CCNC3=O)CC2)c1. The summed E-state index contributed by atoms with van der Waals surface area (Å²) in [4.78, 5) is 25.3. The van der Waals surface area contributed by atoms with Crippen LogP contribution in [-0.2, 0) is 4.79 Å². The molecule has 3 fully saturated rings. The van der Waals surface area contributed by atoms with Gasteiger partial charge in [-0.2, -0.15) is 20.0 Å². The van der Waals surface area contributed by atoms with Crippen molar-refractivity contribution in [2.75, 3.05) is 48.3 Å². The first kappa shape index (κ1) is 23.3. The van der Waals surface area contributed by atoms with Crippen LogP contribution in [0.2, 0.25) is 5.02 Å². The van der Waals surface area contributed by atoms with E-state index in [2.05, 4.69) is 53.0 Å². The number of carbonyl (C=O) groups excluding carboxylic acids is 1. The van der Waals surface area contributed by atoms with Crippen LogP contribution in [0.5, 0.6) is 0 Å². The Kier molecular flexibility index (Phi) is 5.91. The molecule has 6 rings (SSSR count). The van der Waals surface area contributed by atoms with Gasteiger partial charge in [-0.25, -0.2) is 4.98 Å². The van der Waals surface area contributed by atoms with Crippen LogP contribution in [0, 0.1) is 22.7 Å². The van der Waals surface area contributed by atoms with Crippen LogP contribution in [-0.4, -0.2) is 75.2 Å². The molecule has 13 heteroatoms. The summed E-state index contributed by atoms with van der Waals surface area (Å²) in [5.74, 6) is 0.848. The van der Waals surface area contributed by atoms with E-state index in [1.165, 1.54) is 10.7 Å². The minimum absolute atomic E-state index is 0.0766. The summed E-state index contributed by atoms with van der Waals surface area (Å²) in [7, 11) is 0. The maximum absolute atomic E-state index is 12.1. The number of nitrogens with one attached hydrogen (secondary N) is 3. The van der Waals surface area contributed by atoms with Gasteiger partial charge in [0, 0.05) is 38.8 Å². The Hall–Kier alpha value is -4.13. The molecule has 3 aliphatic rings. The first-order chi connectivity index (χ1) is 18.0. The number of amides is 1. The molecule has 3 N–H and O–H groups in total. The predicted octanol–water partition coefficient (Wildman–Crippen LogP) is 1.85. The van der Waals surface area contributed by atoms with E-state index in [0.29, 0.717) is 46.9 Å². The molecule has 188 valence electrons. The lowest BCUT2D eigenvalue weighted by molar-refractivity contribution is -0.123. The highest BCUT2D eigenvalue weighted by Gasteiger charge is 2.33. The Morgan fingerprint density at radius 1 is 1.11 bits per heavy atom. The summed E-state index contributed by atoms with van der Waals surface area (Å²) in [6.45, 7) is 3.52. The summed E-state index contributed by atoms with van der Waals surface area (Å²) < 4.78 is 1.45. The van der Waals surface area contributed by atoms with Crippen LogP contribution < -0.4 is 20.9 Å². The second-order valence-corrected chi connectivity index (χ2v) is 9.78. The van der Waals surface area contributed by atoms with Gasteiger partial charge in [0.25, 0.3) is 0 Å². The number of aromatic nitrogens is 4. The van der Waals surface area contributed by atoms with Gasteiger partial charge in [-0.1, -0.05) is 11.6 Å². The fourth-order valence-corrected chi connectivity index (χ4v) is 5.12. The molecular weight excluding hydrogens is 494 g/mol. The number of piperazine rings is 1. The first-order valence-corrected chi connectivity index (χ1v) is 12.6. The number of nitriles is 2. The second kappa shape index (κ2) is 9.39. The second-order valence-electron chi connectivity index (χ2n) is 9.41. The quantitative estimate of drug-likeness (QED) is 0.442. The molecule has 1 atom stereocenters. The number of imidazole rings is 1. The Bertz CT molecular complexity index is 1460. The number of anilines is 4. The molecule has 1 amide bonds. The number of halogens is 1. The van der Waals surface area contributed by atoms with Crippen LogP contribution in [0.3, 0.4) is 0 Å². The summed E-state index contributed by atoms with van der Waals surface area (Å²) in [5, 5.41) is 33.5. The van der Waals surface area contributed by atoms with Crippen LogP contribution in [0.1, 0.15) is 30.5 Å². The number of hydrogen-bond donors (Lipinski definition) is 3. The van der Waals surface area contributed by atoms with E-state index < -0.39 is 0 Å². The Labute approximate surface area is 217 Å². The standard InChI is InChI=1S/C24H24ClN11O/c25-20-17(31-24-32-21(30-15-1-2-15)22-29-13-16(12-27)36(22)33-24)9-14(11-26)10-19(20)35-7-5-34(6-8-35)18-3-4-28-23(18)37/h9-10,13,15,18H,1-8H2,(H,28,37)(H2,30,31,32,33). The average Bonchev–Trinajstić information content (AvgIpc) is 3.46. The van der Waals surface area contributed by atoms with Gasteiger partial charge in [-0.3, -0.25) is 9.69 Å². The number of hydrogen-bond acceptors (Lipinski definition) is 10. The van der Waals surface area contributed by atoms with Crippen molar-refractivity contribution in [1.29, 1.82) is 10.5 Å². The molecule has 1 aliphatic carbocycles. The van der Waals surface area contributed by atoms with Crippen molar-refractivity contribution in [2.45, 2.75) is 31.3 Å². The zero-order chi connectivity index (χ0) is 25.5. The van der Waals surface area contributed by atoms with Crippen molar-refractivity contribution < 1.29 is 4.79 Å². The zero-order valence-electron chi connectivity index (χ0n) is 19.9. The predicted molar refractivity (Wildman–Crippen MR) is 137 cm³/mol. The van der Waals surface area contributed by atoms with Crippen LogP contribution in [0.4, 0.5) is 23.1 Å². The number of carbonyl (C=O) groups is 1. The highest BCUT2D eigenvalue weighted by atomic mass is 35.5. The van der Waals surface area contributed by atoms with E-state index in [9.17, 15) is 15.3 Å². The number of rotatable bonds is 6. The number of fused-ring (bicyclic) bond motifs is 1. The van der Waals surface area contributed by atoms with E-state index in [0.717, 1.165) is 44.6 Å². The lowest BCUT2D eigenvalue weighted by atomic mass is 10.1. The summed E-state index contributed by atoms with van der Waals surface area (Å²) in [6, 6.07) is 7.98. The normalized spacial score (nSPS) is 19.9. The molecule has 1 saturated carbocycles. The fraction of sp³-hybridized carbons (Fsp3) is 0.417. The van der Waals surface area contributed by atoms with Crippen LogP contribution in [0.15, 0.2) is 18.3 Å². The Morgan fingerprint density at radius 2 is 1.92 bits per heavy atom. The third kappa shape index (κ3) is 4.46. The molecule has 4 heterocycles. The van der Waals surface area contributed by atoms with Crippen molar-refractivity contribution in [3.8, 4) is 12.1 Å². The third-order valence-corrected chi connectivity index (χ3v) is 7.34.